The lowest BCUT2D eigenvalue weighted by molar-refractivity contribution is -0.137. The summed E-state index contributed by atoms with van der Waals surface area (Å²) in [7, 11) is 0. The minimum absolute atomic E-state index is 0.0650. The summed E-state index contributed by atoms with van der Waals surface area (Å²) in [4.78, 5) is 29.2. The molecular formula is C12H16ClN3O3. The van der Waals surface area contributed by atoms with Gasteiger partial charge in [-0.2, -0.15) is 0 Å². The van der Waals surface area contributed by atoms with Crippen molar-refractivity contribution in [1.29, 1.82) is 0 Å². The fourth-order valence-corrected chi connectivity index (χ4v) is 2.25. The van der Waals surface area contributed by atoms with Crippen molar-refractivity contribution >= 4 is 23.5 Å². The SMILES string of the molecule is O=C(O)CCN1CCN(C(=O)c2cc(Cl)c[nH]2)CC1. The molecule has 0 aromatic carbocycles. The van der Waals surface area contributed by atoms with E-state index in [2.05, 4.69) is 9.88 Å². The Labute approximate surface area is 115 Å². The van der Waals surface area contributed by atoms with Gasteiger partial charge in [0.15, 0.2) is 0 Å². The van der Waals surface area contributed by atoms with Crippen LogP contribution in [0.25, 0.3) is 0 Å². The summed E-state index contributed by atoms with van der Waals surface area (Å²) in [5.74, 6) is -0.857. The van der Waals surface area contributed by atoms with Gasteiger partial charge in [0, 0.05) is 38.9 Å². The number of amides is 1. The summed E-state index contributed by atoms with van der Waals surface area (Å²) in [6.45, 7) is 3.15. The summed E-state index contributed by atoms with van der Waals surface area (Å²) in [5, 5.41) is 9.14. The van der Waals surface area contributed by atoms with Crippen LogP contribution < -0.4 is 0 Å². The molecule has 1 aliphatic heterocycles. The number of aliphatic carboxylic acids is 1. The molecule has 0 unspecified atom stereocenters. The monoisotopic (exact) mass is 285 g/mol. The molecule has 1 fully saturated rings. The van der Waals surface area contributed by atoms with E-state index in [-0.39, 0.29) is 12.3 Å². The van der Waals surface area contributed by atoms with Crippen LogP contribution >= 0.6 is 11.6 Å². The minimum atomic E-state index is -0.792. The summed E-state index contributed by atoms with van der Waals surface area (Å²) in [6.07, 6.45) is 1.72. The van der Waals surface area contributed by atoms with Crippen molar-refractivity contribution in [1.82, 2.24) is 14.8 Å². The van der Waals surface area contributed by atoms with Crippen LogP contribution in [0.3, 0.4) is 0 Å². The summed E-state index contributed by atoms with van der Waals surface area (Å²) in [6, 6.07) is 1.61. The number of hydrogen-bond acceptors (Lipinski definition) is 3. The highest BCUT2D eigenvalue weighted by Gasteiger charge is 2.23. The molecule has 2 N–H and O–H groups in total. The average Bonchev–Trinajstić information content (AvgIpc) is 2.83. The maximum atomic E-state index is 12.1. The van der Waals surface area contributed by atoms with E-state index in [9.17, 15) is 9.59 Å². The fraction of sp³-hybridized carbons (Fsp3) is 0.500. The molecule has 0 bridgehead atoms. The highest BCUT2D eigenvalue weighted by molar-refractivity contribution is 6.30. The molecule has 2 heterocycles. The molecule has 0 radical (unpaired) electrons. The van der Waals surface area contributed by atoms with Gasteiger partial charge in [-0.1, -0.05) is 11.6 Å². The maximum Gasteiger partial charge on any atom is 0.304 e. The third-order valence-electron chi connectivity index (χ3n) is 3.18. The molecule has 1 aromatic rings. The van der Waals surface area contributed by atoms with Crippen LogP contribution in [0.1, 0.15) is 16.9 Å². The van der Waals surface area contributed by atoms with Gasteiger partial charge in [-0.25, -0.2) is 0 Å². The zero-order chi connectivity index (χ0) is 13.8. The van der Waals surface area contributed by atoms with Gasteiger partial charge in [0.1, 0.15) is 5.69 Å². The van der Waals surface area contributed by atoms with Crippen LogP contribution in [0.2, 0.25) is 5.02 Å². The van der Waals surface area contributed by atoms with Crippen LogP contribution in [-0.4, -0.2) is 64.5 Å². The van der Waals surface area contributed by atoms with Crippen LogP contribution in [0, 0.1) is 0 Å². The third-order valence-corrected chi connectivity index (χ3v) is 3.40. The zero-order valence-corrected chi connectivity index (χ0v) is 11.2. The molecule has 6 nitrogen and oxygen atoms in total. The predicted molar refractivity (Wildman–Crippen MR) is 70.4 cm³/mol. The van der Waals surface area contributed by atoms with E-state index in [1.807, 2.05) is 0 Å². The normalized spacial score (nSPS) is 16.6. The molecule has 19 heavy (non-hydrogen) atoms. The van der Waals surface area contributed by atoms with Gasteiger partial charge in [0.2, 0.25) is 0 Å². The molecule has 0 saturated carbocycles. The first kappa shape index (κ1) is 13.9. The second kappa shape index (κ2) is 6.08. The zero-order valence-electron chi connectivity index (χ0n) is 10.4. The number of nitrogens with zero attached hydrogens (tertiary/aromatic N) is 2. The van der Waals surface area contributed by atoms with E-state index in [4.69, 9.17) is 16.7 Å². The summed E-state index contributed by atoms with van der Waals surface area (Å²) in [5.41, 5.74) is 0.490. The molecule has 104 valence electrons. The molecule has 1 saturated heterocycles. The van der Waals surface area contributed by atoms with Crippen LogP contribution in [0.4, 0.5) is 0 Å². The van der Waals surface area contributed by atoms with Gasteiger partial charge in [-0.15, -0.1) is 0 Å². The number of halogens is 1. The molecule has 1 aliphatic rings. The van der Waals surface area contributed by atoms with E-state index in [1.54, 1.807) is 17.2 Å². The Bertz CT molecular complexity index is 467. The number of carbonyl (C=O) groups excluding carboxylic acids is 1. The number of carboxylic acids is 1. The van der Waals surface area contributed by atoms with Crippen LogP contribution in [0.15, 0.2) is 12.3 Å². The largest absolute Gasteiger partial charge is 0.481 e. The number of aromatic nitrogens is 1. The van der Waals surface area contributed by atoms with E-state index >= 15 is 0 Å². The van der Waals surface area contributed by atoms with Crippen molar-refractivity contribution in [3.05, 3.63) is 23.0 Å². The minimum Gasteiger partial charge on any atom is -0.481 e. The molecule has 2 rings (SSSR count). The number of rotatable bonds is 4. The average molecular weight is 286 g/mol. The van der Waals surface area contributed by atoms with Gasteiger partial charge < -0.3 is 15.0 Å². The second-order valence-corrected chi connectivity index (χ2v) is 4.95. The number of carbonyl (C=O) groups is 2. The Balaban J connectivity index is 1.83. The van der Waals surface area contributed by atoms with Gasteiger partial charge in [0.25, 0.3) is 5.91 Å². The number of piperazine rings is 1. The molecule has 0 atom stereocenters. The van der Waals surface area contributed by atoms with Crippen molar-refractivity contribution in [2.75, 3.05) is 32.7 Å². The number of nitrogens with one attached hydrogen (secondary N) is 1. The van der Waals surface area contributed by atoms with Crippen LogP contribution in [-0.2, 0) is 4.79 Å². The van der Waals surface area contributed by atoms with E-state index in [0.717, 1.165) is 0 Å². The molecule has 0 aliphatic carbocycles. The van der Waals surface area contributed by atoms with E-state index in [0.29, 0.717) is 43.4 Å². The lowest BCUT2D eigenvalue weighted by atomic mass is 10.2. The number of carboxylic acid groups (broad SMARTS) is 1. The van der Waals surface area contributed by atoms with Crippen molar-refractivity contribution < 1.29 is 14.7 Å². The topological polar surface area (TPSA) is 76.6 Å². The Kier molecular flexibility index (Phi) is 4.44. The fourth-order valence-electron chi connectivity index (χ4n) is 2.09. The highest BCUT2D eigenvalue weighted by atomic mass is 35.5. The molecule has 0 spiro atoms. The maximum absolute atomic E-state index is 12.1. The first-order valence-corrected chi connectivity index (χ1v) is 6.51. The molecule has 7 heteroatoms. The van der Waals surface area contributed by atoms with Gasteiger partial charge in [-0.3, -0.25) is 14.5 Å². The summed E-state index contributed by atoms with van der Waals surface area (Å²) >= 11 is 5.77. The predicted octanol–water partition coefficient (Wildman–Crippen LogP) is 0.901. The Hall–Kier alpha value is -1.53. The van der Waals surface area contributed by atoms with Crippen molar-refractivity contribution in [2.45, 2.75) is 6.42 Å². The number of aromatic amines is 1. The van der Waals surface area contributed by atoms with Crippen LogP contribution in [0.5, 0.6) is 0 Å². The number of H-pyrrole nitrogens is 1. The van der Waals surface area contributed by atoms with Gasteiger partial charge in [0.05, 0.1) is 11.4 Å². The first-order valence-electron chi connectivity index (χ1n) is 6.13. The van der Waals surface area contributed by atoms with Crippen molar-refractivity contribution in [2.24, 2.45) is 0 Å². The molecule has 1 aromatic heterocycles. The molecule has 1 amide bonds. The first-order chi connectivity index (χ1) is 9.06. The smallest absolute Gasteiger partial charge is 0.304 e. The highest BCUT2D eigenvalue weighted by Crippen LogP contribution is 2.13. The lowest BCUT2D eigenvalue weighted by Crippen LogP contribution is -2.49. The second-order valence-electron chi connectivity index (χ2n) is 4.51. The summed E-state index contributed by atoms with van der Waals surface area (Å²) < 4.78 is 0. The third kappa shape index (κ3) is 3.71. The molecular weight excluding hydrogens is 270 g/mol. The van der Waals surface area contributed by atoms with Crippen molar-refractivity contribution in [3.63, 3.8) is 0 Å². The quantitative estimate of drug-likeness (QED) is 0.862. The van der Waals surface area contributed by atoms with E-state index < -0.39 is 5.97 Å². The Morgan fingerprint density at radius 3 is 2.53 bits per heavy atom. The standard InChI is InChI=1S/C12H16ClN3O3/c13-9-7-10(14-8-9)12(19)16-5-3-15(4-6-16)2-1-11(17)18/h7-8,14H,1-6H2,(H,17,18). The van der Waals surface area contributed by atoms with Gasteiger partial charge >= 0.3 is 5.97 Å². The lowest BCUT2D eigenvalue weighted by Gasteiger charge is -2.34. The number of hydrogen-bond donors (Lipinski definition) is 2. The van der Waals surface area contributed by atoms with E-state index in [1.165, 1.54) is 0 Å². The Morgan fingerprint density at radius 1 is 1.32 bits per heavy atom. The van der Waals surface area contributed by atoms with Crippen molar-refractivity contribution in [3.8, 4) is 0 Å². The Morgan fingerprint density at radius 2 is 2.00 bits per heavy atom. The van der Waals surface area contributed by atoms with Gasteiger partial charge in [-0.05, 0) is 6.07 Å².